The van der Waals surface area contributed by atoms with Crippen LogP contribution >= 0.6 is 0 Å². The molecule has 0 aromatic carbocycles. The Kier molecular flexibility index (Phi) is 4.06. The van der Waals surface area contributed by atoms with E-state index in [0.717, 1.165) is 56.2 Å². The Labute approximate surface area is 141 Å². The maximum atomic E-state index is 12.7. The van der Waals surface area contributed by atoms with Gasteiger partial charge in [0.25, 0.3) is 0 Å². The Morgan fingerprint density at radius 2 is 2.25 bits per heavy atom. The number of rotatable bonds is 3. The highest BCUT2D eigenvalue weighted by atomic mass is 16.2. The van der Waals surface area contributed by atoms with E-state index in [4.69, 9.17) is 0 Å². The fraction of sp³-hybridized carbons (Fsp3) is 0.471. The number of hydrogen-bond acceptors (Lipinski definition) is 5. The molecule has 0 aliphatic carbocycles. The molecule has 7 heteroatoms. The van der Waals surface area contributed by atoms with E-state index in [1.54, 1.807) is 12.4 Å². The van der Waals surface area contributed by atoms with Gasteiger partial charge in [0.1, 0.15) is 17.3 Å². The standard InChI is InChI=1S/C17H22N6O/c24-17(21-14-11-20-23-10-4-8-19-16(14)23)13-5-3-9-22(12-13)15-6-1-2-7-18-15/h1-2,6-7,11,13,19H,3-5,8-10,12H2,(H,21,24). The minimum atomic E-state index is -0.0279. The molecule has 1 fully saturated rings. The van der Waals surface area contributed by atoms with E-state index in [-0.39, 0.29) is 11.8 Å². The number of aromatic nitrogens is 3. The number of anilines is 3. The molecule has 2 N–H and O–H groups in total. The Morgan fingerprint density at radius 1 is 1.29 bits per heavy atom. The van der Waals surface area contributed by atoms with Crippen molar-refractivity contribution in [1.82, 2.24) is 14.8 Å². The van der Waals surface area contributed by atoms with Crippen molar-refractivity contribution < 1.29 is 4.79 Å². The molecule has 2 aliphatic heterocycles. The van der Waals surface area contributed by atoms with Crippen molar-refractivity contribution in [2.75, 3.05) is 35.2 Å². The lowest BCUT2D eigenvalue weighted by molar-refractivity contribution is -0.120. The minimum absolute atomic E-state index is 0.0279. The number of nitrogens with zero attached hydrogens (tertiary/aromatic N) is 4. The summed E-state index contributed by atoms with van der Waals surface area (Å²) in [6.45, 7) is 3.48. The Morgan fingerprint density at radius 3 is 3.12 bits per heavy atom. The van der Waals surface area contributed by atoms with E-state index >= 15 is 0 Å². The van der Waals surface area contributed by atoms with E-state index in [1.165, 1.54) is 0 Å². The highest BCUT2D eigenvalue weighted by molar-refractivity contribution is 5.95. The van der Waals surface area contributed by atoms with Crippen molar-refractivity contribution in [2.45, 2.75) is 25.8 Å². The van der Waals surface area contributed by atoms with Crippen LogP contribution < -0.4 is 15.5 Å². The van der Waals surface area contributed by atoms with Crippen LogP contribution in [0, 0.1) is 5.92 Å². The van der Waals surface area contributed by atoms with Crippen LogP contribution in [0.15, 0.2) is 30.6 Å². The van der Waals surface area contributed by atoms with Crippen molar-refractivity contribution in [3.63, 3.8) is 0 Å². The molecule has 7 nitrogen and oxygen atoms in total. The second-order valence-corrected chi connectivity index (χ2v) is 6.37. The number of aryl methyl sites for hydroxylation is 1. The summed E-state index contributed by atoms with van der Waals surface area (Å²) in [7, 11) is 0. The number of fused-ring (bicyclic) bond motifs is 1. The van der Waals surface area contributed by atoms with Crippen molar-refractivity contribution >= 4 is 23.2 Å². The topological polar surface area (TPSA) is 75.1 Å². The van der Waals surface area contributed by atoms with E-state index in [0.29, 0.717) is 6.54 Å². The summed E-state index contributed by atoms with van der Waals surface area (Å²) < 4.78 is 1.92. The summed E-state index contributed by atoms with van der Waals surface area (Å²) >= 11 is 0. The second kappa shape index (κ2) is 6.51. The van der Waals surface area contributed by atoms with Gasteiger partial charge >= 0.3 is 0 Å². The molecular formula is C17H22N6O. The third-order valence-electron chi connectivity index (χ3n) is 4.70. The molecule has 0 spiro atoms. The minimum Gasteiger partial charge on any atom is -0.368 e. The van der Waals surface area contributed by atoms with Gasteiger partial charge < -0.3 is 15.5 Å². The molecule has 0 saturated carbocycles. The summed E-state index contributed by atoms with van der Waals surface area (Å²) in [5.74, 6) is 1.91. The van der Waals surface area contributed by atoms with Crippen molar-refractivity contribution in [1.29, 1.82) is 0 Å². The van der Waals surface area contributed by atoms with E-state index in [1.807, 2.05) is 22.9 Å². The first kappa shape index (κ1) is 15.0. The number of carbonyl (C=O) groups excluding carboxylic acids is 1. The highest BCUT2D eigenvalue weighted by Crippen LogP contribution is 2.27. The van der Waals surface area contributed by atoms with Crippen LogP contribution in [-0.2, 0) is 11.3 Å². The number of hydrogen-bond donors (Lipinski definition) is 2. The monoisotopic (exact) mass is 326 g/mol. The molecule has 126 valence electrons. The van der Waals surface area contributed by atoms with Gasteiger partial charge in [-0.1, -0.05) is 6.07 Å². The van der Waals surface area contributed by atoms with Gasteiger partial charge in [-0.05, 0) is 31.4 Å². The molecule has 4 rings (SSSR count). The zero-order valence-corrected chi connectivity index (χ0v) is 13.6. The summed E-state index contributed by atoms with van der Waals surface area (Å²) in [5, 5.41) is 10.7. The Bertz CT molecular complexity index is 713. The zero-order chi connectivity index (χ0) is 16.4. The summed E-state index contributed by atoms with van der Waals surface area (Å²) in [6, 6.07) is 5.89. The van der Waals surface area contributed by atoms with Gasteiger partial charge in [0.15, 0.2) is 0 Å². The number of pyridine rings is 1. The maximum Gasteiger partial charge on any atom is 0.229 e. The molecule has 1 saturated heterocycles. The first-order chi connectivity index (χ1) is 11.8. The maximum absolute atomic E-state index is 12.7. The van der Waals surface area contributed by atoms with Gasteiger partial charge in [-0.3, -0.25) is 4.79 Å². The fourth-order valence-corrected chi connectivity index (χ4v) is 3.44. The van der Waals surface area contributed by atoms with Gasteiger partial charge in [0.2, 0.25) is 5.91 Å². The largest absolute Gasteiger partial charge is 0.368 e. The van der Waals surface area contributed by atoms with Crippen LogP contribution in [-0.4, -0.2) is 40.3 Å². The van der Waals surface area contributed by atoms with Crippen molar-refractivity contribution in [3.05, 3.63) is 30.6 Å². The molecule has 0 radical (unpaired) electrons. The van der Waals surface area contributed by atoms with E-state index in [9.17, 15) is 4.79 Å². The van der Waals surface area contributed by atoms with Gasteiger partial charge in [-0.15, -0.1) is 0 Å². The van der Waals surface area contributed by atoms with Crippen molar-refractivity contribution in [3.8, 4) is 0 Å². The predicted molar refractivity (Wildman–Crippen MR) is 93.1 cm³/mol. The number of amides is 1. The number of piperidine rings is 1. The van der Waals surface area contributed by atoms with Crippen LogP contribution in [0.3, 0.4) is 0 Å². The lowest BCUT2D eigenvalue weighted by Crippen LogP contribution is -2.41. The van der Waals surface area contributed by atoms with Crippen LogP contribution in [0.4, 0.5) is 17.3 Å². The third kappa shape index (κ3) is 2.93. The quantitative estimate of drug-likeness (QED) is 0.902. The Balaban J connectivity index is 1.44. The number of nitrogens with one attached hydrogen (secondary N) is 2. The normalized spacial score (nSPS) is 20.2. The SMILES string of the molecule is O=C(Nc1cnn2c1NCCC2)C1CCCN(c2ccccn2)C1. The summed E-state index contributed by atoms with van der Waals surface area (Å²) in [4.78, 5) is 19.3. The lowest BCUT2D eigenvalue weighted by atomic mass is 9.97. The third-order valence-corrected chi connectivity index (χ3v) is 4.70. The molecular weight excluding hydrogens is 304 g/mol. The van der Waals surface area contributed by atoms with E-state index < -0.39 is 0 Å². The first-order valence-corrected chi connectivity index (χ1v) is 8.58. The molecule has 0 bridgehead atoms. The van der Waals surface area contributed by atoms with Gasteiger partial charge in [-0.25, -0.2) is 9.67 Å². The molecule has 2 aromatic heterocycles. The van der Waals surface area contributed by atoms with E-state index in [2.05, 4.69) is 25.6 Å². The molecule has 1 atom stereocenters. The molecule has 2 aromatic rings. The number of carbonyl (C=O) groups is 1. The average molecular weight is 326 g/mol. The molecule has 4 heterocycles. The summed E-state index contributed by atoms with van der Waals surface area (Å²) in [6.07, 6.45) is 6.50. The van der Waals surface area contributed by atoms with Crippen LogP contribution in [0.1, 0.15) is 19.3 Å². The van der Waals surface area contributed by atoms with Gasteiger partial charge in [-0.2, -0.15) is 5.10 Å². The highest BCUT2D eigenvalue weighted by Gasteiger charge is 2.27. The lowest BCUT2D eigenvalue weighted by Gasteiger charge is -2.32. The smallest absolute Gasteiger partial charge is 0.229 e. The average Bonchev–Trinajstić information content (AvgIpc) is 3.06. The second-order valence-electron chi connectivity index (χ2n) is 6.37. The van der Waals surface area contributed by atoms with Gasteiger partial charge in [0, 0.05) is 32.4 Å². The molecule has 1 amide bonds. The van der Waals surface area contributed by atoms with Crippen LogP contribution in [0.5, 0.6) is 0 Å². The fourth-order valence-electron chi connectivity index (χ4n) is 3.44. The predicted octanol–water partition coefficient (Wildman–Crippen LogP) is 1.95. The zero-order valence-electron chi connectivity index (χ0n) is 13.6. The molecule has 1 unspecified atom stereocenters. The van der Waals surface area contributed by atoms with Crippen LogP contribution in [0.25, 0.3) is 0 Å². The van der Waals surface area contributed by atoms with Crippen LogP contribution in [0.2, 0.25) is 0 Å². The molecule has 2 aliphatic rings. The Hall–Kier alpha value is -2.57. The first-order valence-electron chi connectivity index (χ1n) is 8.58. The summed E-state index contributed by atoms with van der Waals surface area (Å²) in [5.41, 5.74) is 0.787. The van der Waals surface area contributed by atoms with Gasteiger partial charge in [0.05, 0.1) is 12.1 Å². The van der Waals surface area contributed by atoms with Crippen molar-refractivity contribution in [2.24, 2.45) is 5.92 Å². The molecule has 24 heavy (non-hydrogen) atoms.